The van der Waals surface area contributed by atoms with Gasteiger partial charge < -0.3 is 25.5 Å². The van der Waals surface area contributed by atoms with Crippen LogP contribution in [0.3, 0.4) is 0 Å². The van der Waals surface area contributed by atoms with Gasteiger partial charge in [0.15, 0.2) is 0 Å². The number of benzene rings is 1. The van der Waals surface area contributed by atoms with Crippen molar-refractivity contribution in [3.05, 3.63) is 63.6 Å². The van der Waals surface area contributed by atoms with Crippen molar-refractivity contribution in [3.8, 4) is 5.75 Å². The molecule has 1 aliphatic heterocycles. The molecule has 0 unspecified atom stereocenters. The maximum Gasteiger partial charge on any atom is 0.303 e. The minimum Gasteiger partial charge on any atom is -0.495 e. The molecule has 176 valence electrons. The van der Waals surface area contributed by atoms with Gasteiger partial charge in [-0.1, -0.05) is 6.07 Å². The molecule has 0 bridgehead atoms. The van der Waals surface area contributed by atoms with E-state index in [4.69, 9.17) is 9.84 Å². The first-order valence-electron chi connectivity index (χ1n) is 10.9. The number of fused-ring (bicyclic) bond motifs is 1. The van der Waals surface area contributed by atoms with E-state index < -0.39 is 5.97 Å². The fourth-order valence-corrected chi connectivity index (χ4v) is 4.73. The van der Waals surface area contributed by atoms with Gasteiger partial charge in [0, 0.05) is 34.4 Å². The molecule has 2 aromatic heterocycles. The summed E-state index contributed by atoms with van der Waals surface area (Å²) in [6, 6.07) is 9.15. The lowest BCUT2D eigenvalue weighted by Crippen LogP contribution is -2.15. The second-order valence-electron chi connectivity index (χ2n) is 7.89. The largest absolute Gasteiger partial charge is 0.495 e. The van der Waals surface area contributed by atoms with Crippen LogP contribution in [0.2, 0.25) is 0 Å². The number of nitrogens with one attached hydrogen (secondary N) is 3. The molecule has 0 radical (unpaired) electrons. The molecule has 9 heteroatoms. The minimum absolute atomic E-state index is 0.0641. The first-order valence-corrected chi connectivity index (χ1v) is 11.8. The summed E-state index contributed by atoms with van der Waals surface area (Å²) in [4.78, 5) is 40.6. The van der Waals surface area contributed by atoms with Gasteiger partial charge in [0.2, 0.25) is 5.91 Å². The Morgan fingerprint density at radius 3 is 2.79 bits per heavy atom. The molecule has 8 nitrogen and oxygen atoms in total. The van der Waals surface area contributed by atoms with Crippen molar-refractivity contribution in [3.63, 3.8) is 0 Å². The number of carboxylic acid groups (broad SMARTS) is 1. The number of carbonyl (C=O) groups excluding carboxylic acids is 2. The number of rotatable bonds is 10. The summed E-state index contributed by atoms with van der Waals surface area (Å²) in [6.07, 6.45) is 5.39. The number of amides is 2. The molecule has 0 spiro atoms. The summed E-state index contributed by atoms with van der Waals surface area (Å²) in [7, 11) is 1.56. The lowest BCUT2D eigenvalue weighted by Gasteiger charge is -2.15. The highest BCUT2D eigenvalue weighted by Gasteiger charge is 2.29. The van der Waals surface area contributed by atoms with Crippen LogP contribution in [0.4, 0.5) is 11.4 Å². The lowest BCUT2D eigenvalue weighted by atomic mass is 9.93. The Hall–Kier alpha value is -3.85. The summed E-state index contributed by atoms with van der Waals surface area (Å²) in [5.74, 6) is -0.639. The third-order valence-electron chi connectivity index (χ3n) is 5.58. The molecule has 1 aromatic carbocycles. The third-order valence-corrected chi connectivity index (χ3v) is 6.46. The van der Waals surface area contributed by atoms with Gasteiger partial charge in [0.25, 0.3) is 5.91 Å². The van der Waals surface area contributed by atoms with E-state index >= 15 is 0 Å². The molecule has 34 heavy (non-hydrogen) atoms. The maximum atomic E-state index is 12.9. The molecule has 4 rings (SSSR count). The van der Waals surface area contributed by atoms with E-state index in [0.717, 1.165) is 10.4 Å². The second-order valence-corrected chi connectivity index (χ2v) is 8.92. The van der Waals surface area contributed by atoms with Crippen LogP contribution in [-0.2, 0) is 27.2 Å². The number of H-pyrrole nitrogens is 1. The zero-order valence-electron chi connectivity index (χ0n) is 18.6. The van der Waals surface area contributed by atoms with Gasteiger partial charge in [-0.3, -0.25) is 14.4 Å². The predicted octanol–water partition coefficient (Wildman–Crippen LogP) is 4.56. The molecule has 0 saturated heterocycles. The zero-order valence-corrected chi connectivity index (χ0v) is 19.5. The Morgan fingerprint density at radius 1 is 1.21 bits per heavy atom. The van der Waals surface area contributed by atoms with Crippen molar-refractivity contribution in [2.24, 2.45) is 0 Å². The number of methoxy groups -OCH3 is 1. The summed E-state index contributed by atoms with van der Waals surface area (Å²) in [6.45, 7) is 0. The van der Waals surface area contributed by atoms with Crippen LogP contribution in [-0.4, -0.2) is 35.0 Å². The van der Waals surface area contributed by atoms with Crippen molar-refractivity contribution in [1.29, 1.82) is 0 Å². The highest BCUT2D eigenvalue weighted by Crippen LogP contribution is 2.40. The molecule has 3 aromatic rings. The molecule has 0 saturated carbocycles. The van der Waals surface area contributed by atoms with Crippen molar-refractivity contribution in [2.45, 2.75) is 32.1 Å². The van der Waals surface area contributed by atoms with Crippen molar-refractivity contribution < 1.29 is 24.2 Å². The van der Waals surface area contributed by atoms with Crippen LogP contribution >= 0.6 is 11.3 Å². The quantitative estimate of drug-likeness (QED) is 0.251. The van der Waals surface area contributed by atoms with Crippen molar-refractivity contribution in [2.75, 3.05) is 17.7 Å². The normalized spacial score (nSPS) is 13.6. The van der Waals surface area contributed by atoms with E-state index in [-0.39, 0.29) is 24.7 Å². The number of unbranched alkanes of at least 4 members (excludes halogenated alkanes) is 1. The zero-order chi connectivity index (χ0) is 24.1. The molecule has 3 heterocycles. The van der Waals surface area contributed by atoms with Crippen LogP contribution < -0.4 is 15.4 Å². The highest BCUT2D eigenvalue weighted by molar-refractivity contribution is 7.10. The van der Waals surface area contributed by atoms with Gasteiger partial charge in [0.05, 0.1) is 24.8 Å². The second kappa shape index (κ2) is 10.4. The van der Waals surface area contributed by atoms with Crippen LogP contribution in [0.25, 0.3) is 11.6 Å². The molecule has 4 N–H and O–H groups in total. The van der Waals surface area contributed by atoms with Crippen molar-refractivity contribution >= 4 is 52.1 Å². The fraction of sp³-hybridized carbons (Fsp3) is 0.240. The smallest absolute Gasteiger partial charge is 0.303 e. The molecule has 0 fully saturated rings. The average molecular weight is 480 g/mol. The maximum absolute atomic E-state index is 12.9. The van der Waals surface area contributed by atoms with E-state index in [1.54, 1.807) is 37.6 Å². The average Bonchev–Trinajstić information content (AvgIpc) is 3.53. The Labute approximate surface area is 200 Å². The Morgan fingerprint density at radius 2 is 2.06 bits per heavy atom. The lowest BCUT2D eigenvalue weighted by molar-refractivity contribution is -0.137. The Bertz CT molecular complexity index is 1240. The number of hydrogen-bond donors (Lipinski definition) is 4. The van der Waals surface area contributed by atoms with Crippen LogP contribution in [0.1, 0.15) is 41.0 Å². The number of anilines is 2. The topological polar surface area (TPSA) is 121 Å². The summed E-state index contributed by atoms with van der Waals surface area (Å²) < 4.78 is 5.36. The third kappa shape index (κ3) is 5.20. The van der Waals surface area contributed by atoms with Crippen LogP contribution in [0.5, 0.6) is 5.75 Å². The Kier molecular flexibility index (Phi) is 7.12. The van der Waals surface area contributed by atoms with Gasteiger partial charge in [-0.25, -0.2) is 0 Å². The van der Waals surface area contributed by atoms with Crippen LogP contribution in [0, 0.1) is 0 Å². The summed E-state index contributed by atoms with van der Waals surface area (Å²) in [5, 5.41) is 16.8. The molecular formula is C25H25N3O5S. The summed E-state index contributed by atoms with van der Waals surface area (Å²) in [5.41, 5.74) is 3.91. The number of aromatic nitrogens is 1. The van der Waals surface area contributed by atoms with Gasteiger partial charge in [0.1, 0.15) is 5.75 Å². The first kappa shape index (κ1) is 23.3. The minimum atomic E-state index is -0.848. The van der Waals surface area contributed by atoms with E-state index in [0.29, 0.717) is 53.2 Å². The van der Waals surface area contributed by atoms with E-state index in [1.807, 2.05) is 17.5 Å². The standard InChI is InChI=1S/C25H25N3O5S/c1-33-21-10-11-26-20(21)14-17-24-16(6-2-3-7-23(30)31)18(8-9-19(24)28-25(17)32)27-22(29)13-15-5-4-12-34-15/h4-5,8-12,14,26H,2-3,6-7,13H2,1H3,(H,27,29)(H,28,32)(H,30,31)/b17-14-. The van der Waals surface area contributed by atoms with Crippen LogP contribution in [0.15, 0.2) is 41.9 Å². The number of carbonyl (C=O) groups is 3. The molecular weight excluding hydrogens is 454 g/mol. The number of carboxylic acids is 1. The monoisotopic (exact) mass is 479 g/mol. The highest BCUT2D eigenvalue weighted by atomic mass is 32.1. The number of ether oxygens (including phenoxy) is 1. The Balaban J connectivity index is 1.70. The molecule has 1 aliphatic rings. The summed E-state index contributed by atoms with van der Waals surface area (Å²) >= 11 is 1.52. The fourth-order valence-electron chi connectivity index (χ4n) is 4.02. The van der Waals surface area contributed by atoms with E-state index in [1.165, 1.54) is 11.3 Å². The van der Waals surface area contributed by atoms with E-state index in [9.17, 15) is 14.4 Å². The number of hydrogen-bond acceptors (Lipinski definition) is 5. The SMILES string of the molecule is COc1cc[nH]c1/C=C1\C(=O)Nc2ccc(NC(=O)Cc3cccs3)c(CCCCC(=O)O)c21. The van der Waals surface area contributed by atoms with E-state index in [2.05, 4.69) is 15.6 Å². The number of aromatic amines is 1. The molecule has 0 atom stereocenters. The number of thiophene rings is 1. The van der Waals surface area contributed by atoms with Gasteiger partial charge in [-0.05, 0) is 60.5 Å². The van der Waals surface area contributed by atoms with Gasteiger partial charge >= 0.3 is 5.97 Å². The molecule has 2 amide bonds. The van der Waals surface area contributed by atoms with Gasteiger partial charge in [-0.2, -0.15) is 0 Å². The molecule has 0 aliphatic carbocycles. The van der Waals surface area contributed by atoms with Crippen molar-refractivity contribution in [1.82, 2.24) is 4.98 Å². The first-order chi connectivity index (χ1) is 16.5. The van der Waals surface area contributed by atoms with Gasteiger partial charge in [-0.15, -0.1) is 11.3 Å². The predicted molar refractivity (Wildman–Crippen MR) is 132 cm³/mol. The number of aliphatic carboxylic acids is 1.